The molecule has 2 saturated carbocycles. The molecule has 0 bridgehead atoms. The number of epoxide rings is 1. The van der Waals surface area contributed by atoms with Crippen molar-refractivity contribution in [2.45, 2.75) is 63.9 Å². The molecular formula is C23H29NO5. The highest BCUT2D eigenvalue weighted by Crippen LogP contribution is 2.70. The Kier molecular flexibility index (Phi) is 3.80. The third-order valence-corrected chi connectivity index (χ3v) is 8.32. The van der Waals surface area contributed by atoms with Gasteiger partial charge in [0.2, 0.25) is 6.79 Å². The fraction of sp³-hybridized carbons (Fsp3) is 0.696. The van der Waals surface area contributed by atoms with E-state index in [-0.39, 0.29) is 47.8 Å². The Labute approximate surface area is 171 Å². The number of nitrogens with one attached hydrogen (secondary N) is 1. The van der Waals surface area contributed by atoms with Crippen LogP contribution in [0.5, 0.6) is 11.5 Å². The molecular weight excluding hydrogens is 370 g/mol. The molecule has 0 unspecified atom stereocenters. The van der Waals surface area contributed by atoms with Crippen molar-refractivity contribution in [2.75, 3.05) is 13.3 Å². The van der Waals surface area contributed by atoms with Crippen LogP contribution in [0.25, 0.3) is 0 Å². The zero-order valence-electron chi connectivity index (χ0n) is 17.1. The third-order valence-electron chi connectivity index (χ3n) is 8.32. The first-order valence-electron chi connectivity index (χ1n) is 11.0. The van der Waals surface area contributed by atoms with Crippen molar-refractivity contribution in [3.63, 3.8) is 0 Å². The Hall–Kier alpha value is -1.79. The van der Waals surface area contributed by atoms with Crippen LogP contribution in [0.4, 0.5) is 0 Å². The molecule has 1 aromatic carbocycles. The molecule has 5 aliphatic rings. The van der Waals surface area contributed by atoms with Crippen molar-refractivity contribution < 1.29 is 23.7 Å². The summed E-state index contributed by atoms with van der Waals surface area (Å²) in [5, 5.41) is 3.48. The second-order valence-electron chi connectivity index (χ2n) is 9.87. The summed E-state index contributed by atoms with van der Waals surface area (Å²) in [5.41, 5.74) is 1.23. The van der Waals surface area contributed by atoms with Crippen LogP contribution in [-0.2, 0) is 20.8 Å². The minimum Gasteiger partial charge on any atom is -0.462 e. The fourth-order valence-corrected chi connectivity index (χ4v) is 6.89. The van der Waals surface area contributed by atoms with Crippen molar-refractivity contribution >= 4 is 5.97 Å². The lowest BCUT2D eigenvalue weighted by Crippen LogP contribution is -2.54. The molecule has 0 amide bonds. The van der Waals surface area contributed by atoms with Crippen molar-refractivity contribution in [1.29, 1.82) is 0 Å². The lowest BCUT2D eigenvalue weighted by molar-refractivity contribution is -0.146. The largest absolute Gasteiger partial charge is 0.462 e. The van der Waals surface area contributed by atoms with Gasteiger partial charge in [-0.05, 0) is 42.9 Å². The molecule has 1 spiro atoms. The topological polar surface area (TPSA) is 69.3 Å². The zero-order valence-corrected chi connectivity index (χ0v) is 17.1. The van der Waals surface area contributed by atoms with E-state index in [1.54, 1.807) is 0 Å². The second kappa shape index (κ2) is 6.11. The fourth-order valence-electron chi connectivity index (χ4n) is 6.89. The molecule has 1 aromatic rings. The number of fused-ring (bicyclic) bond motifs is 3. The Morgan fingerprint density at radius 2 is 2.10 bits per heavy atom. The Balaban J connectivity index is 1.16. The molecule has 29 heavy (non-hydrogen) atoms. The molecule has 2 aliphatic carbocycles. The van der Waals surface area contributed by atoms with E-state index >= 15 is 0 Å². The molecule has 1 N–H and O–H groups in total. The molecule has 0 radical (unpaired) electrons. The molecule has 6 heteroatoms. The summed E-state index contributed by atoms with van der Waals surface area (Å²) in [7, 11) is 0. The Morgan fingerprint density at radius 3 is 3.00 bits per heavy atom. The van der Waals surface area contributed by atoms with Crippen molar-refractivity contribution in [2.24, 2.45) is 23.2 Å². The lowest BCUT2D eigenvalue weighted by atomic mass is 9.53. The molecule has 6 nitrogen and oxygen atoms in total. The monoisotopic (exact) mass is 399 g/mol. The van der Waals surface area contributed by atoms with Crippen LogP contribution in [0.15, 0.2) is 18.2 Å². The van der Waals surface area contributed by atoms with Gasteiger partial charge in [-0.15, -0.1) is 0 Å². The smallest absolute Gasteiger partial charge is 0.311 e. The van der Waals surface area contributed by atoms with Gasteiger partial charge in [0.1, 0.15) is 11.7 Å². The van der Waals surface area contributed by atoms with E-state index in [1.807, 2.05) is 18.2 Å². The number of hydrogen-bond acceptors (Lipinski definition) is 6. The van der Waals surface area contributed by atoms with E-state index in [1.165, 1.54) is 19.3 Å². The minimum absolute atomic E-state index is 0.00997. The van der Waals surface area contributed by atoms with Gasteiger partial charge >= 0.3 is 5.97 Å². The number of carbonyl (C=O) groups is 1. The highest BCUT2D eigenvalue weighted by atomic mass is 16.7. The van der Waals surface area contributed by atoms with Crippen molar-refractivity contribution in [1.82, 2.24) is 5.32 Å². The van der Waals surface area contributed by atoms with Gasteiger partial charge in [-0.25, -0.2) is 0 Å². The number of esters is 1. The molecule has 156 valence electrons. The Bertz CT molecular complexity index is 858. The first kappa shape index (κ1) is 18.0. The van der Waals surface area contributed by atoms with Crippen LogP contribution in [-0.4, -0.2) is 37.1 Å². The normalized spacial score (nSPS) is 43.9. The van der Waals surface area contributed by atoms with Crippen LogP contribution in [0.3, 0.4) is 0 Å². The van der Waals surface area contributed by atoms with Gasteiger partial charge in [-0.1, -0.05) is 26.3 Å². The Morgan fingerprint density at radius 1 is 1.24 bits per heavy atom. The summed E-state index contributed by atoms with van der Waals surface area (Å²) in [6.07, 6.45) is 4.79. The highest BCUT2D eigenvalue weighted by Gasteiger charge is 2.78. The second-order valence-corrected chi connectivity index (χ2v) is 9.87. The summed E-state index contributed by atoms with van der Waals surface area (Å²) in [4.78, 5) is 12.7. The van der Waals surface area contributed by atoms with E-state index < -0.39 is 0 Å². The predicted octanol–water partition coefficient (Wildman–Crippen LogP) is 3.03. The van der Waals surface area contributed by atoms with Gasteiger partial charge in [-0.2, -0.15) is 0 Å². The molecule has 6 rings (SSSR count). The summed E-state index contributed by atoms with van der Waals surface area (Å²) >= 11 is 0. The van der Waals surface area contributed by atoms with Gasteiger partial charge in [0.25, 0.3) is 0 Å². The maximum absolute atomic E-state index is 12.7. The number of hydrogen-bond donors (Lipinski definition) is 1. The molecule has 3 heterocycles. The van der Waals surface area contributed by atoms with Crippen molar-refractivity contribution in [3.05, 3.63) is 23.8 Å². The predicted molar refractivity (Wildman–Crippen MR) is 104 cm³/mol. The first-order chi connectivity index (χ1) is 14.0. The van der Waals surface area contributed by atoms with Gasteiger partial charge in [0.05, 0.1) is 12.0 Å². The van der Waals surface area contributed by atoms with Crippen LogP contribution in [0.2, 0.25) is 0 Å². The highest BCUT2D eigenvalue weighted by molar-refractivity contribution is 5.76. The average Bonchev–Trinajstić information content (AvgIpc) is 3.15. The molecule has 3 aliphatic heterocycles. The standard InChI is InChI=1S/C23H29NO5/c1-13-4-3-7-22(2)9-18-19(20-23(13,22)29-20)15(21(25)28-18)11-24-10-14-5-6-16-17(8-14)27-12-26-16/h5-6,8,13,15,18-20,24H,3-4,7,9-12H2,1-2H3/t13-,15-,18-,19+,20+,22+,23-/m1/s1. The average molecular weight is 399 g/mol. The zero-order chi connectivity index (χ0) is 19.8. The van der Waals surface area contributed by atoms with Crippen molar-refractivity contribution in [3.8, 4) is 11.5 Å². The number of ether oxygens (including phenoxy) is 4. The van der Waals surface area contributed by atoms with Crippen LogP contribution in [0.1, 0.15) is 45.1 Å². The van der Waals surface area contributed by atoms with E-state index in [2.05, 4.69) is 19.2 Å². The quantitative estimate of drug-likeness (QED) is 0.620. The molecule has 4 fully saturated rings. The lowest BCUT2D eigenvalue weighted by Gasteiger charge is -2.48. The maximum Gasteiger partial charge on any atom is 0.311 e. The summed E-state index contributed by atoms with van der Waals surface area (Å²) in [6.45, 7) is 6.28. The van der Waals surface area contributed by atoms with Crippen LogP contribution >= 0.6 is 0 Å². The number of benzene rings is 1. The summed E-state index contributed by atoms with van der Waals surface area (Å²) in [6, 6.07) is 5.97. The SMILES string of the molecule is C[C@@H]1CCC[C@@]2(C)C[C@H]3OC(=O)[C@H](CNCc4ccc5c(c4)OCO5)[C@@H]3[C@@H]3O[C@]132. The van der Waals surface area contributed by atoms with E-state index in [9.17, 15) is 4.79 Å². The first-order valence-corrected chi connectivity index (χ1v) is 11.0. The van der Waals surface area contributed by atoms with Gasteiger partial charge in [0, 0.05) is 24.4 Å². The van der Waals surface area contributed by atoms with E-state index in [0.29, 0.717) is 19.0 Å². The van der Waals surface area contributed by atoms with Crippen LogP contribution < -0.4 is 14.8 Å². The summed E-state index contributed by atoms with van der Waals surface area (Å²) in [5.74, 6) is 2.14. The van der Waals surface area contributed by atoms with Crippen LogP contribution in [0, 0.1) is 23.2 Å². The van der Waals surface area contributed by atoms with Gasteiger partial charge in [-0.3, -0.25) is 4.79 Å². The summed E-state index contributed by atoms with van der Waals surface area (Å²) < 4.78 is 23.2. The van der Waals surface area contributed by atoms with E-state index in [0.717, 1.165) is 23.5 Å². The van der Waals surface area contributed by atoms with Gasteiger partial charge in [0.15, 0.2) is 11.5 Å². The molecule has 7 atom stereocenters. The molecule has 0 aromatic heterocycles. The van der Waals surface area contributed by atoms with E-state index in [4.69, 9.17) is 18.9 Å². The number of carbonyl (C=O) groups excluding carboxylic acids is 1. The maximum atomic E-state index is 12.7. The third kappa shape index (κ3) is 2.45. The van der Waals surface area contributed by atoms with Gasteiger partial charge < -0.3 is 24.3 Å². The molecule has 2 saturated heterocycles. The number of rotatable bonds is 4. The minimum atomic E-state index is -0.128.